The van der Waals surface area contributed by atoms with Crippen LogP contribution in [-0.2, 0) is 9.59 Å². The zero-order valence-electron chi connectivity index (χ0n) is 12.2. The maximum Gasteiger partial charge on any atom is 0.326 e. The highest BCUT2D eigenvalue weighted by Crippen LogP contribution is 2.08. The molecule has 1 aliphatic rings. The van der Waals surface area contributed by atoms with Gasteiger partial charge in [-0.1, -0.05) is 6.42 Å². The van der Waals surface area contributed by atoms with E-state index in [0.29, 0.717) is 6.54 Å². The molecule has 1 rings (SSSR count). The van der Waals surface area contributed by atoms with Crippen LogP contribution in [0.4, 0.5) is 4.79 Å². The van der Waals surface area contributed by atoms with Crippen LogP contribution in [0.15, 0.2) is 0 Å². The standard InChI is InChI=1S/C13H23N3O5/c1-9(8-16-5-3-2-4-6-16)14-13(21)15-10(12(19)20)7-11(17)18/h9-10H,2-8H2,1H3,(H,17,18)(H,19,20)(H2,14,15,21)/t9?,10-/m0/s1. The number of carbonyl (C=O) groups excluding carboxylic acids is 1. The zero-order valence-corrected chi connectivity index (χ0v) is 12.2. The van der Waals surface area contributed by atoms with E-state index in [1.165, 1.54) is 6.42 Å². The number of urea groups is 1. The van der Waals surface area contributed by atoms with Gasteiger partial charge in [0.05, 0.1) is 6.42 Å². The SMILES string of the molecule is CC(CN1CCCCC1)NC(=O)N[C@@H](CC(=O)O)C(=O)O. The number of likely N-dealkylation sites (tertiary alicyclic amines) is 1. The van der Waals surface area contributed by atoms with Crippen LogP contribution >= 0.6 is 0 Å². The van der Waals surface area contributed by atoms with Crippen molar-refractivity contribution in [1.82, 2.24) is 15.5 Å². The minimum absolute atomic E-state index is 0.137. The molecule has 0 bridgehead atoms. The van der Waals surface area contributed by atoms with Crippen molar-refractivity contribution in [2.75, 3.05) is 19.6 Å². The van der Waals surface area contributed by atoms with Crippen molar-refractivity contribution in [2.24, 2.45) is 0 Å². The number of carboxylic acids is 2. The first-order chi connectivity index (χ1) is 9.88. The smallest absolute Gasteiger partial charge is 0.326 e. The number of nitrogens with zero attached hydrogens (tertiary/aromatic N) is 1. The molecule has 1 saturated heterocycles. The predicted molar refractivity (Wildman–Crippen MR) is 75.1 cm³/mol. The largest absolute Gasteiger partial charge is 0.481 e. The Morgan fingerprint density at radius 2 is 1.71 bits per heavy atom. The van der Waals surface area contributed by atoms with E-state index in [9.17, 15) is 14.4 Å². The Balaban J connectivity index is 2.36. The second kappa shape index (κ2) is 8.46. The van der Waals surface area contributed by atoms with Crippen molar-refractivity contribution in [1.29, 1.82) is 0 Å². The zero-order chi connectivity index (χ0) is 15.8. The number of aliphatic carboxylic acids is 2. The van der Waals surface area contributed by atoms with Crippen LogP contribution in [0.1, 0.15) is 32.6 Å². The van der Waals surface area contributed by atoms with Crippen molar-refractivity contribution < 1.29 is 24.6 Å². The van der Waals surface area contributed by atoms with Crippen molar-refractivity contribution in [3.63, 3.8) is 0 Å². The van der Waals surface area contributed by atoms with E-state index in [-0.39, 0.29) is 6.04 Å². The van der Waals surface area contributed by atoms with Crippen LogP contribution in [0.3, 0.4) is 0 Å². The molecule has 1 heterocycles. The highest BCUT2D eigenvalue weighted by molar-refractivity contribution is 5.86. The topological polar surface area (TPSA) is 119 Å². The van der Waals surface area contributed by atoms with E-state index in [1.807, 2.05) is 6.92 Å². The summed E-state index contributed by atoms with van der Waals surface area (Å²) in [6.07, 6.45) is 2.88. The molecule has 21 heavy (non-hydrogen) atoms. The van der Waals surface area contributed by atoms with E-state index in [4.69, 9.17) is 10.2 Å². The van der Waals surface area contributed by atoms with E-state index in [2.05, 4.69) is 15.5 Å². The predicted octanol–water partition coefficient (Wildman–Crippen LogP) is 0.0879. The average molecular weight is 301 g/mol. The highest BCUT2D eigenvalue weighted by atomic mass is 16.4. The number of nitrogens with one attached hydrogen (secondary N) is 2. The van der Waals surface area contributed by atoms with Gasteiger partial charge in [-0.05, 0) is 32.9 Å². The molecule has 1 aliphatic heterocycles. The summed E-state index contributed by atoms with van der Waals surface area (Å²) >= 11 is 0. The van der Waals surface area contributed by atoms with Crippen LogP contribution in [0, 0.1) is 0 Å². The van der Waals surface area contributed by atoms with E-state index >= 15 is 0 Å². The van der Waals surface area contributed by atoms with Crippen LogP contribution in [0.5, 0.6) is 0 Å². The Morgan fingerprint density at radius 1 is 1.10 bits per heavy atom. The van der Waals surface area contributed by atoms with Gasteiger partial charge >= 0.3 is 18.0 Å². The molecule has 0 radical (unpaired) electrons. The molecule has 0 aromatic rings. The lowest BCUT2D eigenvalue weighted by Crippen LogP contribution is -2.51. The van der Waals surface area contributed by atoms with E-state index in [1.54, 1.807) is 0 Å². The lowest BCUT2D eigenvalue weighted by Gasteiger charge is -2.29. The molecule has 2 amide bonds. The van der Waals surface area contributed by atoms with Gasteiger partial charge in [-0.25, -0.2) is 9.59 Å². The molecule has 1 fully saturated rings. The fourth-order valence-corrected chi connectivity index (χ4v) is 2.37. The monoisotopic (exact) mass is 301 g/mol. The Bertz CT molecular complexity index is 382. The lowest BCUT2D eigenvalue weighted by atomic mass is 10.1. The fraction of sp³-hybridized carbons (Fsp3) is 0.769. The van der Waals surface area contributed by atoms with Crippen molar-refractivity contribution in [2.45, 2.75) is 44.7 Å². The van der Waals surface area contributed by atoms with Crippen molar-refractivity contribution in [3.05, 3.63) is 0 Å². The molecular weight excluding hydrogens is 278 g/mol. The molecule has 0 spiro atoms. The number of hydrogen-bond acceptors (Lipinski definition) is 4. The van der Waals surface area contributed by atoms with Gasteiger partial charge < -0.3 is 25.7 Å². The van der Waals surface area contributed by atoms with Gasteiger partial charge in [0.2, 0.25) is 0 Å². The second-order valence-corrected chi connectivity index (χ2v) is 5.37. The van der Waals surface area contributed by atoms with Crippen LogP contribution in [-0.4, -0.2) is 64.8 Å². The Labute approximate surface area is 123 Å². The summed E-state index contributed by atoms with van der Waals surface area (Å²) in [6.45, 7) is 4.54. The normalized spacial score (nSPS) is 18.5. The molecular formula is C13H23N3O5. The van der Waals surface area contributed by atoms with Crippen molar-refractivity contribution >= 4 is 18.0 Å². The number of amides is 2. The quantitative estimate of drug-likeness (QED) is 0.529. The third-order valence-electron chi connectivity index (χ3n) is 3.34. The van der Waals surface area contributed by atoms with Gasteiger partial charge in [0.1, 0.15) is 6.04 Å². The van der Waals surface area contributed by atoms with Gasteiger partial charge in [0, 0.05) is 12.6 Å². The molecule has 4 N–H and O–H groups in total. The van der Waals surface area contributed by atoms with E-state index in [0.717, 1.165) is 25.9 Å². The lowest BCUT2D eigenvalue weighted by molar-refractivity contribution is -0.145. The number of carbonyl (C=O) groups is 3. The number of carboxylic acid groups (broad SMARTS) is 2. The molecule has 0 saturated carbocycles. The molecule has 1 unspecified atom stereocenters. The van der Waals surface area contributed by atoms with Crippen LogP contribution < -0.4 is 10.6 Å². The second-order valence-electron chi connectivity index (χ2n) is 5.37. The Kier molecular flexibility index (Phi) is 6.93. The summed E-state index contributed by atoms with van der Waals surface area (Å²) in [7, 11) is 0. The average Bonchev–Trinajstić information content (AvgIpc) is 2.38. The fourth-order valence-electron chi connectivity index (χ4n) is 2.37. The maximum atomic E-state index is 11.7. The number of hydrogen-bond donors (Lipinski definition) is 4. The molecule has 8 heteroatoms. The molecule has 0 aromatic heterocycles. The third-order valence-corrected chi connectivity index (χ3v) is 3.34. The van der Waals surface area contributed by atoms with Gasteiger partial charge in [0.25, 0.3) is 0 Å². The Hall–Kier alpha value is -1.83. The summed E-state index contributed by atoms with van der Waals surface area (Å²) in [5, 5.41) is 22.3. The molecule has 2 atom stereocenters. The third kappa shape index (κ3) is 6.94. The summed E-state index contributed by atoms with van der Waals surface area (Å²) in [4.78, 5) is 35.3. The summed E-state index contributed by atoms with van der Waals surface area (Å²) in [5.74, 6) is -2.64. The summed E-state index contributed by atoms with van der Waals surface area (Å²) in [6, 6.07) is -2.22. The molecule has 8 nitrogen and oxygen atoms in total. The minimum atomic E-state index is -1.43. The molecule has 120 valence electrons. The first-order valence-electron chi connectivity index (χ1n) is 7.12. The molecule has 0 aliphatic carbocycles. The van der Waals surface area contributed by atoms with E-state index < -0.39 is 30.4 Å². The van der Waals surface area contributed by atoms with Crippen LogP contribution in [0.25, 0.3) is 0 Å². The first-order valence-corrected chi connectivity index (χ1v) is 7.12. The number of piperidine rings is 1. The van der Waals surface area contributed by atoms with Gasteiger partial charge in [-0.3, -0.25) is 4.79 Å². The number of rotatable bonds is 7. The Morgan fingerprint density at radius 3 is 2.24 bits per heavy atom. The van der Waals surface area contributed by atoms with Gasteiger partial charge in [-0.2, -0.15) is 0 Å². The van der Waals surface area contributed by atoms with Crippen molar-refractivity contribution in [3.8, 4) is 0 Å². The summed E-state index contributed by atoms with van der Waals surface area (Å²) < 4.78 is 0. The minimum Gasteiger partial charge on any atom is -0.481 e. The van der Waals surface area contributed by atoms with Gasteiger partial charge in [0.15, 0.2) is 0 Å². The molecule has 0 aromatic carbocycles. The maximum absolute atomic E-state index is 11.7. The van der Waals surface area contributed by atoms with Gasteiger partial charge in [-0.15, -0.1) is 0 Å². The van der Waals surface area contributed by atoms with Crippen LogP contribution in [0.2, 0.25) is 0 Å². The summed E-state index contributed by atoms with van der Waals surface area (Å²) in [5.41, 5.74) is 0. The highest BCUT2D eigenvalue weighted by Gasteiger charge is 2.24. The first kappa shape index (κ1) is 17.2.